The van der Waals surface area contributed by atoms with Gasteiger partial charge in [-0.1, -0.05) is 20.3 Å². The van der Waals surface area contributed by atoms with Crippen molar-refractivity contribution in [2.24, 2.45) is 5.41 Å². The van der Waals surface area contributed by atoms with Crippen LogP contribution in [-0.4, -0.2) is 16.0 Å². The number of hydrogen-bond donors (Lipinski definition) is 1. The Morgan fingerprint density at radius 3 is 2.80 bits per heavy atom. The molecule has 15 heavy (non-hydrogen) atoms. The van der Waals surface area contributed by atoms with Gasteiger partial charge in [0.15, 0.2) is 0 Å². The van der Waals surface area contributed by atoms with Gasteiger partial charge in [-0.15, -0.1) is 0 Å². The van der Waals surface area contributed by atoms with Gasteiger partial charge in [-0.2, -0.15) is 0 Å². The maximum atomic E-state index is 4.25. The Bertz CT molecular complexity index is 346. The van der Waals surface area contributed by atoms with E-state index in [1.54, 1.807) is 6.33 Å². The van der Waals surface area contributed by atoms with Crippen molar-refractivity contribution in [3.63, 3.8) is 0 Å². The predicted molar refractivity (Wildman–Crippen MR) is 61.8 cm³/mol. The molecule has 1 unspecified atom stereocenters. The van der Waals surface area contributed by atoms with E-state index in [1.165, 1.54) is 19.3 Å². The van der Waals surface area contributed by atoms with Crippen LogP contribution in [0.3, 0.4) is 0 Å². The topological polar surface area (TPSA) is 37.8 Å². The molecule has 1 aromatic rings. The van der Waals surface area contributed by atoms with Gasteiger partial charge in [0, 0.05) is 17.8 Å². The average molecular weight is 205 g/mol. The summed E-state index contributed by atoms with van der Waals surface area (Å²) in [7, 11) is 0. The van der Waals surface area contributed by atoms with Crippen LogP contribution in [0, 0.1) is 12.3 Å². The SMILES string of the molecule is Cc1cc(NC2CCCC2(C)C)ncn1. The normalized spacial score (nSPS) is 24.1. The number of hydrogen-bond acceptors (Lipinski definition) is 3. The maximum absolute atomic E-state index is 4.25. The minimum Gasteiger partial charge on any atom is -0.367 e. The predicted octanol–water partition coefficient (Wildman–Crippen LogP) is 2.78. The molecule has 82 valence electrons. The summed E-state index contributed by atoms with van der Waals surface area (Å²) in [6.45, 7) is 6.64. The van der Waals surface area contributed by atoms with Crippen LogP contribution < -0.4 is 5.32 Å². The van der Waals surface area contributed by atoms with Crippen molar-refractivity contribution in [1.82, 2.24) is 9.97 Å². The van der Waals surface area contributed by atoms with Crippen molar-refractivity contribution < 1.29 is 0 Å². The van der Waals surface area contributed by atoms with E-state index in [0.29, 0.717) is 11.5 Å². The van der Waals surface area contributed by atoms with E-state index in [1.807, 2.05) is 13.0 Å². The molecule has 1 heterocycles. The molecule has 0 amide bonds. The zero-order valence-electron chi connectivity index (χ0n) is 9.75. The van der Waals surface area contributed by atoms with Gasteiger partial charge < -0.3 is 5.32 Å². The van der Waals surface area contributed by atoms with E-state index in [2.05, 4.69) is 29.1 Å². The standard InChI is InChI=1S/C12H19N3/c1-9-7-11(14-8-13-9)15-10-5-4-6-12(10,2)3/h7-8,10H,4-6H2,1-3H3,(H,13,14,15). The molecule has 3 nitrogen and oxygen atoms in total. The van der Waals surface area contributed by atoms with Gasteiger partial charge in [0.25, 0.3) is 0 Å². The van der Waals surface area contributed by atoms with Gasteiger partial charge in [0.2, 0.25) is 0 Å². The molecule has 1 fully saturated rings. The van der Waals surface area contributed by atoms with Crippen LogP contribution in [0.2, 0.25) is 0 Å². The van der Waals surface area contributed by atoms with Gasteiger partial charge in [-0.25, -0.2) is 9.97 Å². The second-order valence-corrected chi connectivity index (χ2v) is 5.12. The molecule has 3 heteroatoms. The van der Waals surface area contributed by atoms with Crippen LogP contribution in [-0.2, 0) is 0 Å². The highest BCUT2D eigenvalue weighted by molar-refractivity contribution is 5.36. The lowest BCUT2D eigenvalue weighted by molar-refractivity contribution is 0.349. The summed E-state index contributed by atoms with van der Waals surface area (Å²) in [4.78, 5) is 8.35. The third-order valence-electron chi connectivity index (χ3n) is 3.38. The lowest BCUT2D eigenvalue weighted by Crippen LogP contribution is -2.31. The molecule has 1 aliphatic carbocycles. The van der Waals surface area contributed by atoms with Gasteiger partial charge in [0.05, 0.1) is 0 Å². The lowest BCUT2D eigenvalue weighted by Gasteiger charge is -2.28. The Kier molecular flexibility index (Phi) is 2.63. The van der Waals surface area contributed by atoms with Crippen molar-refractivity contribution in [3.8, 4) is 0 Å². The molecule has 2 rings (SSSR count). The fourth-order valence-electron chi connectivity index (χ4n) is 2.31. The van der Waals surface area contributed by atoms with E-state index >= 15 is 0 Å². The van der Waals surface area contributed by atoms with Crippen LogP contribution in [0.4, 0.5) is 5.82 Å². The van der Waals surface area contributed by atoms with Gasteiger partial charge >= 0.3 is 0 Å². The zero-order chi connectivity index (χ0) is 10.9. The summed E-state index contributed by atoms with van der Waals surface area (Å²) in [6, 6.07) is 2.56. The molecule has 0 saturated heterocycles. The number of aryl methyl sites for hydroxylation is 1. The number of aromatic nitrogens is 2. The van der Waals surface area contributed by atoms with E-state index < -0.39 is 0 Å². The van der Waals surface area contributed by atoms with Crippen molar-refractivity contribution in [2.75, 3.05) is 5.32 Å². The monoisotopic (exact) mass is 205 g/mol. The van der Waals surface area contributed by atoms with E-state index in [9.17, 15) is 0 Å². The highest BCUT2D eigenvalue weighted by Gasteiger charge is 2.34. The first-order chi connectivity index (χ1) is 7.08. The molecule has 1 aromatic heterocycles. The molecule has 1 atom stereocenters. The Morgan fingerprint density at radius 1 is 1.40 bits per heavy atom. The Morgan fingerprint density at radius 2 is 2.20 bits per heavy atom. The number of nitrogens with zero attached hydrogens (tertiary/aromatic N) is 2. The molecule has 0 bridgehead atoms. The molecule has 1 saturated carbocycles. The summed E-state index contributed by atoms with van der Waals surface area (Å²) < 4.78 is 0. The van der Waals surface area contributed by atoms with Crippen molar-refractivity contribution >= 4 is 5.82 Å². The van der Waals surface area contributed by atoms with Crippen molar-refractivity contribution in [1.29, 1.82) is 0 Å². The van der Waals surface area contributed by atoms with Crippen LogP contribution in [0.1, 0.15) is 38.8 Å². The summed E-state index contributed by atoms with van der Waals surface area (Å²) in [6.07, 6.45) is 5.49. The highest BCUT2D eigenvalue weighted by Crippen LogP contribution is 2.38. The summed E-state index contributed by atoms with van der Waals surface area (Å²) in [5.74, 6) is 0.961. The Hall–Kier alpha value is -1.12. The second kappa shape index (κ2) is 3.80. The van der Waals surface area contributed by atoms with Crippen LogP contribution >= 0.6 is 0 Å². The molecular formula is C12H19N3. The molecule has 0 aliphatic heterocycles. The largest absolute Gasteiger partial charge is 0.367 e. The van der Waals surface area contributed by atoms with Crippen LogP contribution in [0.15, 0.2) is 12.4 Å². The minimum atomic E-state index is 0.388. The summed E-state index contributed by atoms with van der Waals surface area (Å²) in [5.41, 5.74) is 1.40. The van der Waals surface area contributed by atoms with E-state index in [-0.39, 0.29) is 0 Å². The maximum Gasteiger partial charge on any atom is 0.129 e. The molecule has 0 spiro atoms. The molecule has 1 N–H and O–H groups in total. The summed E-state index contributed by atoms with van der Waals surface area (Å²) in [5, 5.41) is 3.52. The van der Waals surface area contributed by atoms with E-state index in [0.717, 1.165) is 11.5 Å². The molecule has 1 aliphatic rings. The first kappa shape index (κ1) is 10.4. The van der Waals surface area contributed by atoms with E-state index in [4.69, 9.17) is 0 Å². The van der Waals surface area contributed by atoms with Crippen molar-refractivity contribution in [2.45, 2.75) is 46.1 Å². The molecule has 0 radical (unpaired) electrons. The van der Waals surface area contributed by atoms with Gasteiger partial charge in [-0.3, -0.25) is 0 Å². The third-order valence-corrected chi connectivity index (χ3v) is 3.38. The Labute approximate surface area is 91.3 Å². The van der Waals surface area contributed by atoms with Gasteiger partial charge in [0.1, 0.15) is 12.1 Å². The molecular weight excluding hydrogens is 186 g/mol. The smallest absolute Gasteiger partial charge is 0.129 e. The average Bonchev–Trinajstić information content (AvgIpc) is 2.46. The first-order valence-electron chi connectivity index (χ1n) is 5.63. The van der Waals surface area contributed by atoms with Crippen LogP contribution in [0.5, 0.6) is 0 Å². The second-order valence-electron chi connectivity index (χ2n) is 5.12. The fraction of sp³-hybridized carbons (Fsp3) is 0.667. The number of nitrogens with one attached hydrogen (secondary N) is 1. The highest BCUT2D eigenvalue weighted by atomic mass is 15.0. The van der Waals surface area contributed by atoms with Crippen molar-refractivity contribution in [3.05, 3.63) is 18.1 Å². The number of rotatable bonds is 2. The number of anilines is 1. The summed E-state index contributed by atoms with van der Waals surface area (Å²) >= 11 is 0. The quantitative estimate of drug-likeness (QED) is 0.806. The first-order valence-corrected chi connectivity index (χ1v) is 5.63. The van der Waals surface area contributed by atoms with Crippen LogP contribution in [0.25, 0.3) is 0 Å². The fourth-order valence-corrected chi connectivity index (χ4v) is 2.31. The molecule has 0 aromatic carbocycles. The lowest BCUT2D eigenvalue weighted by atomic mass is 9.87. The zero-order valence-corrected chi connectivity index (χ0v) is 9.75. The Balaban J connectivity index is 2.09. The third kappa shape index (κ3) is 2.28. The minimum absolute atomic E-state index is 0.388. The van der Waals surface area contributed by atoms with Gasteiger partial charge in [-0.05, 0) is 25.2 Å².